The van der Waals surface area contributed by atoms with Crippen LogP contribution < -0.4 is 4.90 Å². The number of phenolic OH excluding ortho intramolecular Hbond substituents is 1. The summed E-state index contributed by atoms with van der Waals surface area (Å²) in [5.74, 6) is -0.730. The third-order valence-electron chi connectivity index (χ3n) is 3.80. The molecule has 0 atom stereocenters. The maximum absolute atomic E-state index is 12.6. The highest BCUT2D eigenvalue weighted by Crippen LogP contribution is 2.34. The number of carbonyl (C=O) groups is 2. The molecule has 106 valence electrons. The Bertz CT molecular complexity index is 765. The molecule has 2 amide bonds. The van der Waals surface area contributed by atoms with Crippen molar-refractivity contribution in [1.82, 2.24) is 0 Å². The number of nitrogens with zero attached hydrogens (tertiary/aromatic N) is 1. The first-order valence-electron chi connectivity index (χ1n) is 6.85. The highest BCUT2D eigenvalue weighted by Gasteiger charge is 2.38. The minimum absolute atomic E-state index is 0.0164. The van der Waals surface area contributed by atoms with Gasteiger partial charge in [0.2, 0.25) is 0 Å². The van der Waals surface area contributed by atoms with Crippen molar-refractivity contribution < 1.29 is 14.7 Å². The number of benzene rings is 2. The number of carbonyl (C=O) groups excluding carboxylic acids is 2. The van der Waals surface area contributed by atoms with Crippen molar-refractivity contribution in [3.8, 4) is 5.75 Å². The monoisotopic (exact) mass is 281 g/mol. The van der Waals surface area contributed by atoms with Crippen LogP contribution in [0.15, 0.2) is 36.4 Å². The fourth-order valence-electron chi connectivity index (χ4n) is 2.76. The van der Waals surface area contributed by atoms with E-state index in [-0.39, 0.29) is 23.1 Å². The van der Waals surface area contributed by atoms with Gasteiger partial charge in [-0.25, -0.2) is 4.90 Å². The van der Waals surface area contributed by atoms with Gasteiger partial charge in [0.15, 0.2) is 0 Å². The van der Waals surface area contributed by atoms with E-state index >= 15 is 0 Å². The standard InChI is InChI=1S/C17H15NO3/c1-3-11-6-4-5-10(2)15(11)18-16(20)13-8-7-12(19)9-14(13)17(18)21/h4-9,19H,3H2,1-2H3. The second kappa shape index (κ2) is 4.74. The summed E-state index contributed by atoms with van der Waals surface area (Å²) in [5, 5.41) is 9.53. The zero-order chi connectivity index (χ0) is 15.1. The molecule has 4 nitrogen and oxygen atoms in total. The van der Waals surface area contributed by atoms with E-state index in [4.69, 9.17) is 0 Å². The van der Waals surface area contributed by atoms with Crippen LogP contribution in [0.4, 0.5) is 5.69 Å². The fourth-order valence-corrected chi connectivity index (χ4v) is 2.76. The number of aromatic hydroxyl groups is 1. The van der Waals surface area contributed by atoms with Crippen LogP contribution in [0, 0.1) is 6.92 Å². The Balaban J connectivity index is 2.19. The lowest BCUT2D eigenvalue weighted by Crippen LogP contribution is -2.31. The summed E-state index contributed by atoms with van der Waals surface area (Å²) in [7, 11) is 0. The second-order valence-corrected chi connectivity index (χ2v) is 5.11. The number of anilines is 1. The average Bonchev–Trinajstić information content (AvgIpc) is 2.70. The molecule has 0 radical (unpaired) electrons. The van der Waals surface area contributed by atoms with Crippen LogP contribution in [0.5, 0.6) is 5.75 Å². The van der Waals surface area contributed by atoms with E-state index in [1.807, 2.05) is 32.0 Å². The molecule has 0 aromatic heterocycles. The minimum Gasteiger partial charge on any atom is -0.508 e. The Labute approximate surface area is 122 Å². The van der Waals surface area contributed by atoms with E-state index in [0.29, 0.717) is 11.3 Å². The molecule has 2 aromatic rings. The quantitative estimate of drug-likeness (QED) is 0.861. The topological polar surface area (TPSA) is 57.6 Å². The number of aryl methyl sites for hydroxylation is 2. The molecule has 0 saturated heterocycles. The number of amides is 2. The van der Waals surface area contributed by atoms with Crippen LogP contribution in [0.3, 0.4) is 0 Å². The van der Waals surface area contributed by atoms with Crippen LogP contribution in [0.2, 0.25) is 0 Å². The van der Waals surface area contributed by atoms with Crippen molar-refractivity contribution in [2.75, 3.05) is 4.90 Å². The SMILES string of the molecule is CCc1cccc(C)c1N1C(=O)c2ccc(O)cc2C1=O. The lowest BCUT2D eigenvalue weighted by molar-refractivity contribution is 0.0925. The molecule has 0 spiro atoms. The second-order valence-electron chi connectivity index (χ2n) is 5.11. The number of para-hydroxylation sites is 1. The molecule has 0 unspecified atom stereocenters. The molecular formula is C17H15NO3. The lowest BCUT2D eigenvalue weighted by Gasteiger charge is -2.20. The van der Waals surface area contributed by atoms with E-state index in [0.717, 1.165) is 17.5 Å². The molecular weight excluding hydrogens is 266 g/mol. The summed E-state index contributed by atoms with van der Waals surface area (Å²) < 4.78 is 0. The maximum atomic E-state index is 12.6. The molecule has 4 heteroatoms. The van der Waals surface area contributed by atoms with Gasteiger partial charge in [0.05, 0.1) is 16.8 Å². The largest absolute Gasteiger partial charge is 0.508 e. The average molecular weight is 281 g/mol. The Hall–Kier alpha value is -2.62. The number of imide groups is 1. The predicted molar refractivity (Wildman–Crippen MR) is 79.8 cm³/mol. The maximum Gasteiger partial charge on any atom is 0.266 e. The van der Waals surface area contributed by atoms with Gasteiger partial charge in [0.1, 0.15) is 5.75 Å². The molecule has 0 aliphatic carbocycles. The van der Waals surface area contributed by atoms with Crippen LogP contribution in [-0.4, -0.2) is 16.9 Å². The van der Waals surface area contributed by atoms with Gasteiger partial charge in [0.25, 0.3) is 11.8 Å². The Morgan fingerprint density at radius 2 is 1.76 bits per heavy atom. The molecule has 3 rings (SSSR count). The number of hydrogen-bond acceptors (Lipinski definition) is 3. The summed E-state index contributed by atoms with van der Waals surface area (Å²) in [4.78, 5) is 26.4. The van der Waals surface area contributed by atoms with Gasteiger partial charge in [-0.05, 0) is 42.7 Å². The predicted octanol–water partition coefficient (Wildman–Crippen LogP) is 3.06. The lowest BCUT2D eigenvalue weighted by atomic mass is 10.0. The zero-order valence-electron chi connectivity index (χ0n) is 11.9. The molecule has 1 aliphatic heterocycles. The van der Waals surface area contributed by atoms with E-state index < -0.39 is 0 Å². The Morgan fingerprint density at radius 1 is 1.05 bits per heavy atom. The van der Waals surface area contributed by atoms with Gasteiger partial charge in [-0.3, -0.25) is 9.59 Å². The molecule has 0 bridgehead atoms. The molecule has 21 heavy (non-hydrogen) atoms. The van der Waals surface area contributed by atoms with Crippen LogP contribution in [-0.2, 0) is 6.42 Å². The first-order chi connectivity index (χ1) is 10.0. The molecule has 1 heterocycles. The van der Waals surface area contributed by atoms with Crippen LogP contribution in [0.1, 0.15) is 38.8 Å². The van der Waals surface area contributed by atoms with Gasteiger partial charge in [-0.15, -0.1) is 0 Å². The smallest absolute Gasteiger partial charge is 0.266 e. The molecule has 0 fully saturated rings. The van der Waals surface area contributed by atoms with E-state index in [2.05, 4.69) is 0 Å². The normalized spacial score (nSPS) is 13.7. The Morgan fingerprint density at radius 3 is 2.48 bits per heavy atom. The summed E-state index contributed by atoms with van der Waals surface area (Å²) >= 11 is 0. The van der Waals surface area contributed by atoms with Crippen molar-refractivity contribution in [2.45, 2.75) is 20.3 Å². The van der Waals surface area contributed by atoms with Crippen LogP contribution in [0.25, 0.3) is 0 Å². The van der Waals surface area contributed by atoms with Crippen molar-refractivity contribution in [3.63, 3.8) is 0 Å². The van der Waals surface area contributed by atoms with Crippen molar-refractivity contribution >= 4 is 17.5 Å². The van der Waals surface area contributed by atoms with Gasteiger partial charge in [0, 0.05) is 0 Å². The van der Waals surface area contributed by atoms with Crippen molar-refractivity contribution in [1.29, 1.82) is 0 Å². The highest BCUT2D eigenvalue weighted by atomic mass is 16.3. The van der Waals surface area contributed by atoms with Gasteiger partial charge in [-0.2, -0.15) is 0 Å². The van der Waals surface area contributed by atoms with E-state index in [9.17, 15) is 14.7 Å². The third kappa shape index (κ3) is 1.91. The van der Waals surface area contributed by atoms with Crippen molar-refractivity contribution in [3.05, 3.63) is 58.7 Å². The molecule has 0 saturated carbocycles. The van der Waals surface area contributed by atoms with E-state index in [1.54, 1.807) is 0 Å². The third-order valence-corrected chi connectivity index (χ3v) is 3.80. The number of rotatable bonds is 2. The first-order valence-corrected chi connectivity index (χ1v) is 6.85. The van der Waals surface area contributed by atoms with Crippen molar-refractivity contribution in [2.24, 2.45) is 0 Å². The molecule has 1 N–H and O–H groups in total. The van der Waals surface area contributed by atoms with E-state index in [1.165, 1.54) is 23.1 Å². The van der Waals surface area contributed by atoms with Gasteiger partial charge < -0.3 is 5.11 Å². The van der Waals surface area contributed by atoms with Gasteiger partial charge >= 0.3 is 0 Å². The summed E-state index contributed by atoms with van der Waals surface area (Å²) in [6.45, 7) is 3.87. The summed E-state index contributed by atoms with van der Waals surface area (Å²) in [5.41, 5.74) is 3.08. The first kappa shape index (κ1) is 13.4. The summed E-state index contributed by atoms with van der Waals surface area (Å²) in [6.07, 6.45) is 0.732. The minimum atomic E-state index is -0.380. The molecule has 2 aromatic carbocycles. The zero-order valence-corrected chi connectivity index (χ0v) is 11.9. The fraction of sp³-hybridized carbons (Fsp3) is 0.176. The number of hydrogen-bond donors (Lipinski definition) is 1. The number of fused-ring (bicyclic) bond motifs is 1. The highest BCUT2D eigenvalue weighted by molar-refractivity contribution is 6.35. The van der Waals surface area contributed by atoms with Crippen LogP contribution >= 0.6 is 0 Å². The van der Waals surface area contributed by atoms with Gasteiger partial charge in [-0.1, -0.05) is 25.1 Å². The summed E-state index contributed by atoms with van der Waals surface area (Å²) in [6, 6.07) is 9.99. The number of phenols is 1. The Kier molecular flexibility index (Phi) is 3.01. The molecule has 1 aliphatic rings.